The number of nitriles is 1. The van der Waals surface area contributed by atoms with Gasteiger partial charge in [-0.2, -0.15) is 5.26 Å². The Labute approximate surface area is 173 Å². The predicted molar refractivity (Wildman–Crippen MR) is 121 cm³/mol. The first kappa shape index (κ1) is 25.8. The molecular weight excluding hydrogens is 362 g/mol. The monoisotopic (exact) mass is 393 g/mol. The van der Waals surface area contributed by atoms with Crippen LogP contribution in [-0.4, -0.2) is 26.9 Å². The Hall–Kier alpha value is -3.24. The molecule has 1 heterocycles. The van der Waals surface area contributed by atoms with Crippen molar-refractivity contribution in [3.63, 3.8) is 0 Å². The molecular formula is C23H31N5O. The Morgan fingerprint density at radius 3 is 2.28 bits per heavy atom. The average molecular weight is 394 g/mol. The van der Waals surface area contributed by atoms with Gasteiger partial charge in [-0.05, 0) is 68.0 Å². The van der Waals surface area contributed by atoms with Crippen molar-refractivity contribution in [3.05, 3.63) is 83.6 Å². The number of nitrogens with two attached hydrogens (primary N) is 2. The highest BCUT2D eigenvalue weighted by Gasteiger charge is 2.10. The summed E-state index contributed by atoms with van der Waals surface area (Å²) in [6, 6.07) is 18.8. The fourth-order valence-corrected chi connectivity index (χ4v) is 2.71. The molecule has 0 aromatic heterocycles. The zero-order valence-corrected chi connectivity index (χ0v) is 17.4. The topological polar surface area (TPSA) is 117 Å². The Morgan fingerprint density at radius 2 is 1.72 bits per heavy atom. The lowest BCUT2D eigenvalue weighted by Crippen LogP contribution is -2.25. The largest absolute Gasteiger partial charge is 0.385 e. The molecule has 1 aliphatic heterocycles. The van der Waals surface area contributed by atoms with Gasteiger partial charge in [0.1, 0.15) is 6.79 Å². The number of allylic oxidation sites excluding steroid dienone is 2. The quantitative estimate of drug-likeness (QED) is 0.470. The fourth-order valence-electron chi connectivity index (χ4n) is 2.71. The molecule has 0 bridgehead atoms. The number of carbonyl (C=O) groups excluding carboxylic acids is 1. The molecule has 1 aliphatic rings. The maximum atomic E-state index is 9.21. The lowest BCUT2D eigenvalue weighted by molar-refractivity contribution is -0.0979. The number of benzene rings is 2. The van der Waals surface area contributed by atoms with Crippen molar-refractivity contribution in [3.8, 4) is 17.2 Å². The van der Waals surface area contributed by atoms with Gasteiger partial charge in [0, 0.05) is 6.04 Å². The van der Waals surface area contributed by atoms with E-state index in [-0.39, 0.29) is 0 Å². The van der Waals surface area contributed by atoms with Gasteiger partial charge in [-0.3, -0.25) is 11.3 Å². The minimum atomic E-state index is 0.379. The van der Waals surface area contributed by atoms with Gasteiger partial charge in [0.25, 0.3) is 0 Å². The van der Waals surface area contributed by atoms with Gasteiger partial charge in [0.2, 0.25) is 0 Å². The summed E-state index contributed by atoms with van der Waals surface area (Å²) in [6.45, 7) is 4.17. The summed E-state index contributed by atoms with van der Waals surface area (Å²) in [7, 11) is 3.15. The van der Waals surface area contributed by atoms with Crippen LogP contribution in [0.1, 0.15) is 18.1 Å². The zero-order chi connectivity index (χ0) is 22.1. The standard InChI is InChI=1S/C20H18N2.CH6N2.CH5N.CH2O/c1-15-18(6-4-12-22-15)13-16-8-10-17(11-9-16)20-7-3-2-5-19(20)14-21;1-3-2;2*1-2/h2-12,15,22H,13H2,1H3;3H,2H2,1H3;2H2,1H3;1H2. The molecule has 6 heteroatoms. The summed E-state index contributed by atoms with van der Waals surface area (Å²) < 4.78 is 0. The summed E-state index contributed by atoms with van der Waals surface area (Å²) in [5, 5.41) is 12.5. The van der Waals surface area contributed by atoms with E-state index in [0.717, 1.165) is 17.5 Å². The number of hydrogen-bond donors (Lipinski definition) is 4. The van der Waals surface area contributed by atoms with Crippen LogP contribution in [-0.2, 0) is 11.2 Å². The highest BCUT2D eigenvalue weighted by Crippen LogP contribution is 2.24. The lowest BCUT2D eigenvalue weighted by Gasteiger charge is -2.19. The summed E-state index contributed by atoms with van der Waals surface area (Å²) in [5.41, 5.74) is 12.2. The average Bonchev–Trinajstić information content (AvgIpc) is 2.79. The van der Waals surface area contributed by atoms with Crippen LogP contribution < -0.4 is 22.3 Å². The van der Waals surface area contributed by atoms with E-state index in [0.29, 0.717) is 11.6 Å². The van der Waals surface area contributed by atoms with Crippen LogP contribution in [0.3, 0.4) is 0 Å². The van der Waals surface area contributed by atoms with E-state index in [1.807, 2.05) is 43.3 Å². The van der Waals surface area contributed by atoms with Crippen molar-refractivity contribution >= 4 is 6.79 Å². The number of rotatable bonds is 3. The molecule has 2 aromatic rings. The van der Waals surface area contributed by atoms with Crippen LogP contribution in [0.5, 0.6) is 0 Å². The van der Waals surface area contributed by atoms with Crippen molar-refractivity contribution in [2.75, 3.05) is 14.1 Å². The highest BCUT2D eigenvalue weighted by atomic mass is 16.1. The molecule has 0 aliphatic carbocycles. The molecule has 0 radical (unpaired) electrons. The summed E-state index contributed by atoms with van der Waals surface area (Å²) in [5.74, 6) is 4.60. The van der Waals surface area contributed by atoms with Crippen molar-refractivity contribution in [1.29, 1.82) is 5.26 Å². The predicted octanol–water partition coefficient (Wildman–Crippen LogP) is 2.67. The highest BCUT2D eigenvalue weighted by molar-refractivity contribution is 5.70. The van der Waals surface area contributed by atoms with Gasteiger partial charge in [0.05, 0.1) is 11.6 Å². The Bertz CT molecular complexity index is 807. The zero-order valence-electron chi connectivity index (χ0n) is 17.4. The lowest BCUT2D eigenvalue weighted by atomic mass is 9.95. The molecule has 1 atom stereocenters. The Kier molecular flexibility index (Phi) is 14.0. The molecule has 6 N–H and O–H groups in total. The number of nitrogens with one attached hydrogen (secondary N) is 2. The van der Waals surface area contributed by atoms with E-state index in [1.165, 1.54) is 18.2 Å². The van der Waals surface area contributed by atoms with Crippen LogP contribution in [0.25, 0.3) is 11.1 Å². The third kappa shape index (κ3) is 8.54. The molecule has 2 aromatic carbocycles. The second kappa shape index (κ2) is 15.8. The van der Waals surface area contributed by atoms with Gasteiger partial charge < -0.3 is 15.8 Å². The van der Waals surface area contributed by atoms with Crippen LogP contribution in [0.2, 0.25) is 0 Å². The third-order valence-corrected chi connectivity index (χ3v) is 4.03. The summed E-state index contributed by atoms with van der Waals surface area (Å²) >= 11 is 0. The molecule has 3 rings (SSSR count). The second-order valence-corrected chi connectivity index (χ2v) is 5.81. The van der Waals surface area contributed by atoms with Gasteiger partial charge >= 0.3 is 0 Å². The van der Waals surface area contributed by atoms with Crippen molar-refractivity contribution in [2.45, 2.75) is 19.4 Å². The molecule has 6 nitrogen and oxygen atoms in total. The maximum Gasteiger partial charge on any atom is 0.106 e. The van der Waals surface area contributed by atoms with Crippen LogP contribution in [0.4, 0.5) is 0 Å². The van der Waals surface area contributed by atoms with Gasteiger partial charge in [-0.25, -0.2) is 0 Å². The normalized spacial score (nSPS) is 13.5. The second-order valence-electron chi connectivity index (χ2n) is 5.81. The minimum Gasteiger partial charge on any atom is -0.385 e. The number of hydrogen-bond acceptors (Lipinski definition) is 6. The van der Waals surface area contributed by atoms with E-state index in [1.54, 1.807) is 7.05 Å². The van der Waals surface area contributed by atoms with Gasteiger partial charge in [-0.1, -0.05) is 48.5 Å². The van der Waals surface area contributed by atoms with Crippen molar-refractivity contribution < 1.29 is 4.79 Å². The number of hydrazine groups is 1. The van der Waals surface area contributed by atoms with Crippen molar-refractivity contribution in [2.24, 2.45) is 11.6 Å². The van der Waals surface area contributed by atoms with E-state index >= 15 is 0 Å². The smallest absolute Gasteiger partial charge is 0.106 e. The molecule has 154 valence electrons. The molecule has 0 saturated heterocycles. The molecule has 29 heavy (non-hydrogen) atoms. The SMILES string of the molecule is C=O.CC1NC=CC=C1Cc1ccc(-c2ccccc2C#N)cc1.CN.CNN. The molecule has 0 fully saturated rings. The van der Waals surface area contributed by atoms with Gasteiger partial charge in [0.15, 0.2) is 0 Å². The van der Waals surface area contributed by atoms with Crippen molar-refractivity contribution in [1.82, 2.24) is 10.7 Å². The number of carbonyl (C=O) groups is 1. The molecule has 0 spiro atoms. The fraction of sp³-hybridized carbons (Fsp3) is 0.217. The number of nitrogens with zero attached hydrogens (tertiary/aromatic N) is 1. The first-order chi connectivity index (χ1) is 14.2. The Balaban J connectivity index is 0.00000100. The molecule has 0 amide bonds. The maximum absolute atomic E-state index is 9.21. The molecule has 1 unspecified atom stereocenters. The first-order valence-electron chi connectivity index (χ1n) is 9.13. The van der Waals surface area contributed by atoms with Crippen LogP contribution in [0.15, 0.2) is 72.5 Å². The Morgan fingerprint density at radius 1 is 1.14 bits per heavy atom. The van der Waals surface area contributed by atoms with Crippen LogP contribution >= 0.6 is 0 Å². The van der Waals surface area contributed by atoms with E-state index in [2.05, 4.69) is 65.7 Å². The minimum absolute atomic E-state index is 0.379. The van der Waals surface area contributed by atoms with Crippen LogP contribution in [0, 0.1) is 11.3 Å². The summed E-state index contributed by atoms with van der Waals surface area (Å²) in [4.78, 5) is 8.00. The van der Waals surface area contributed by atoms with E-state index < -0.39 is 0 Å². The van der Waals surface area contributed by atoms with E-state index in [4.69, 9.17) is 4.79 Å². The molecule has 0 saturated carbocycles. The van der Waals surface area contributed by atoms with Gasteiger partial charge in [-0.15, -0.1) is 0 Å². The summed E-state index contributed by atoms with van der Waals surface area (Å²) in [6.07, 6.45) is 7.15. The third-order valence-electron chi connectivity index (χ3n) is 4.03. The first-order valence-corrected chi connectivity index (χ1v) is 9.13. The van der Waals surface area contributed by atoms with E-state index in [9.17, 15) is 5.26 Å². The number of dihydropyridines is 1.